The van der Waals surface area contributed by atoms with Crippen LogP contribution in [0.2, 0.25) is 0 Å². The summed E-state index contributed by atoms with van der Waals surface area (Å²) in [6, 6.07) is 0.651. The zero-order valence-corrected chi connectivity index (χ0v) is 10.6. The van der Waals surface area contributed by atoms with Gasteiger partial charge in [0.2, 0.25) is 0 Å². The molecule has 0 spiro atoms. The summed E-state index contributed by atoms with van der Waals surface area (Å²) in [7, 11) is 0. The Morgan fingerprint density at radius 2 is 2.13 bits per heavy atom. The molecule has 1 saturated carbocycles. The van der Waals surface area contributed by atoms with E-state index in [0.717, 1.165) is 32.1 Å². The van der Waals surface area contributed by atoms with Gasteiger partial charge in [0, 0.05) is 25.1 Å². The zero-order chi connectivity index (χ0) is 10.9. The van der Waals surface area contributed by atoms with Crippen molar-refractivity contribution in [2.45, 2.75) is 45.1 Å². The van der Waals surface area contributed by atoms with Crippen LogP contribution in [0.1, 0.15) is 39.0 Å². The number of rotatable bonds is 7. The van der Waals surface area contributed by atoms with Crippen LogP contribution in [-0.4, -0.2) is 31.7 Å². The fourth-order valence-electron chi connectivity index (χ4n) is 2.27. The van der Waals surface area contributed by atoms with Crippen molar-refractivity contribution >= 4 is 11.6 Å². The molecular weight excluding hydrogens is 210 g/mol. The predicted octanol–water partition coefficient (Wildman–Crippen LogP) is 2.80. The van der Waals surface area contributed by atoms with E-state index in [1.807, 2.05) is 6.92 Å². The third kappa shape index (κ3) is 5.19. The van der Waals surface area contributed by atoms with Gasteiger partial charge in [-0.2, -0.15) is 0 Å². The first-order valence-electron chi connectivity index (χ1n) is 6.25. The largest absolute Gasteiger partial charge is 0.382 e. The van der Waals surface area contributed by atoms with Gasteiger partial charge in [0.1, 0.15) is 0 Å². The van der Waals surface area contributed by atoms with Gasteiger partial charge in [-0.1, -0.05) is 12.8 Å². The quantitative estimate of drug-likeness (QED) is 0.540. The molecule has 15 heavy (non-hydrogen) atoms. The third-order valence-corrected chi connectivity index (χ3v) is 3.58. The number of ether oxygens (including phenoxy) is 1. The molecule has 1 aliphatic rings. The highest BCUT2D eigenvalue weighted by atomic mass is 35.5. The Kier molecular flexibility index (Phi) is 7.41. The van der Waals surface area contributed by atoms with Crippen LogP contribution in [0.5, 0.6) is 0 Å². The van der Waals surface area contributed by atoms with E-state index in [0.29, 0.717) is 12.0 Å². The maximum atomic E-state index is 5.97. The lowest BCUT2D eigenvalue weighted by molar-refractivity contribution is 0.142. The average Bonchev–Trinajstić information content (AvgIpc) is 2.29. The van der Waals surface area contributed by atoms with E-state index in [9.17, 15) is 0 Å². The van der Waals surface area contributed by atoms with Gasteiger partial charge in [-0.25, -0.2) is 0 Å². The summed E-state index contributed by atoms with van der Waals surface area (Å²) in [5.41, 5.74) is 0. The Morgan fingerprint density at radius 1 is 1.33 bits per heavy atom. The van der Waals surface area contributed by atoms with Crippen molar-refractivity contribution in [3.05, 3.63) is 0 Å². The normalized spacial score (nSPS) is 26.8. The summed E-state index contributed by atoms with van der Waals surface area (Å²) in [5, 5.41) is 3.62. The first kappa shape index (κ1) is 13.3. The number of nitrogens with one attached hydrogen (secondary N) is 1. The number of halogens is 1. The van der Waals surface area contributed by atoms with Crippen molar-refractivity contribution in [2.75, 3.05) is 25.6 Å². The number of hydrogen-bond acceptors (Lipinski definition) is 2. The van der Waals surface area contributed by atoms with Gasteiger partial charge in [0.25, 0.3) is 0 Å². The fraction of sp³-hybridized carbons (Fsp3) is 1.00. The van der Waals surface area contributed by atoms with Crippen molar-refractivity contribution in [1.82, 2.24) is 5.32 Å². The molecule has 0 radical (unpaired) electrons. The van der Waals surface area contributed by atoms with Crippen molar-refractivity contribution in [2.24, 2.45) is 5.92 Å². The van der Waals surface area contributed by atoms with E-state index in [1.54, 1.807) is 0 Å². The molecule has 1 fully saturated rings. The van der Waals surface area contributed by atoms with Crippen molar-refractivity contribution in [3.8, 4) is 0 Å². The molecule has 0 aromatic carbocycles. The topological polar surface area (TPSA) is 21.3 Å². The SMILES string of the molecule is CCOCCCNC1CCCCC1CCl. The maximum absolute atomic E-state index is 5.97. The summed E-state index contributed by atoms with van der Waals surface area (Å²) < 4.78 is 5.31. The Hall–Kier alpha value is 0.210. The minimum Gasteiger partial charge on any atom is -0.382 e. The molecule has 0 amide bonds. The van der Waals surface area contributed by atoms with Gasteiger partial charge >= 0.3 is 0 Å². The number of alkyl halides is 1. The van der Waals surface area contributed by atoms with Crippen LogP contribution in [-0.2, 0) is 4.74 Å². The van der Waals surface area contributed by atoms with Crippen LogP contribution < -0.4 is 5.32 Å². The molecule has 0 bridgehead atoms. The van der Waals surface area contributed by atoms with Crippen LogP contribution in [0.25, 0.3) is 0 Å². The standard InChI is InChI=1S/C12H24ClNO/c1-2-15-9-5-8-14-12-7-4-3-6-11(12)10-13/h11-12,14H,2-10H2,1H3. The Balaban J connectivity index is 2.07. The smallest absolute Gasteiger partial charge is 0.0477 e. The molecule has 90 valence electrons. The molecule has 2 atom stereocenters. The predicted molar refractivity (Wildman–Crippen MR) is 65.6 cm³/mol. The third-order valence-electron chi connectivity index (χ3n) is 3.18. The van der Waals surface area contributed by atoms with E-state index >= 15 is 0 Å². The molecule has 1 rings (SSSR count). The van der Waals surface area contributed by atoms with E-state index in [2.05, 4.69) is 5.32 Å². The van der Waals surface area contributed by atoms with Gasteiger partial charge in [-0.15, -0.1) is 11.6 Å². The summed E-state index contributed by atoms with van der Waals surface area (Å²) in [4.78, 5) is 0. The van der Waals surface area contributed by atoms with Crippen LogP contribution in [0, 0.1) is 5.92 Å². The minimum atomic E-state index is 0.651. The van der Waals surface area contributed by atoms with Crippen LogP contribution in [0.3, 0.4) is 0 Å². The Bertz CT molecular complexity index is 155. The molecule has 0 aliphatic heterocycles. The van der Waals surface area contributed by atoms with Crippen molar-refractivity contribution in [3.63, 3.8) is 0 Å². The van der Waals surface area contributed by atoms with E-state index in [1.165, 1.54) is 25.7 Å². The van der Waals surface area contributed by atoms with Gasteiger partial charge in [0.05, 0.1) is 0 Å². The second-order valence-electron chi connectivity index (χ2n) is 4.31. The van der Waals surface area contributed by atoms with Crippen LogP contribution in [0.15, 0.2) is 0 Å². The summed E-state index contributed by atoms with van der Waals surface area (Å²) >= 11 is 5.97. The molecular formula is C12H24ClNO. The molecule has 1 N–H and O–H groups in total. The highest BCUT2D eigenvalue weighted by molar-refractivity contribution is 6.18. The second kappa shape index (κ2) is 8.37. The van der Waals surface area contributed by atoms with Crippen LogP contribution >= 0.6 is 11.6 Å². The van der Waals surface area contributed by atoms with Crippen molar-refractivity contribution < 1.29 is 4.74 Å². The Labute approximate surface area is 98.7 Å². The molecule has 0 aromatic heterocycles. The van der Waals surface area contributed by atoms with Gasteiger partial charge in [-0.05, 0) is 38.6 Å². The second-order valence-corrected chi connectivity index (χ2v) is 4.62. The lowest BCUT2D eigenvalue weighted by atomic mass is 9.86. The highest BCUT2D eigenvalue weighted by Gasteiger charge is 2.23. The number of hydrogen-bond donors (Lipinski definition) is 1. The molecule has 1 aliphatic carbocycles. The monoisotopic (exact) mass is 233 g/mol. The maximum Gasteiger partial charge on any atom is 0.0477 e. The lowest BCUT2D eigenvalue weighted by Gasteiger charge is -2.31. The van der Waals surface area contributed by atoms with Gasteiger partial charge in [0.15, 0.2) is 0 Å². The van der Waals surface area contributed by atoms with Gasteiger partial charge < -0.3 is 10.1 Å². The molecule has 0 saturated heterocycles. The summed E-state index contributed by atoms with van der Waals surface area (Å²) in [5.74, 6) is 1.50. The lowest BCUT2D eigenvalue weighted by Crippen LogP contribution is -2.40. The summed E-state index contributed by atoms with van der Waals surface area (Å²) in [6.45, 7) is 4.81. The van der Waals surface area contributed by atoms with E-state index in [4.69, 9.17) is 16.3 Å². The molecule has 0 aromatic rings. The fourth-order valence-corrected chi connectivity index (χ4v) is 2.64. The first-order valence-corrected chi connectivity index (χ1v) is 6.79. The van der Waals surface area contributed by atoms with Crippen molar-refractivity contribution in [1.29, 1.82) is 0 Å². The highest BCUT2D eigenvalue weighted by Crippen LogP contribution is 2.25. The van der Waals surface area contributed by atoms with E-state index < -0.39 is 0 Å². The van der Waals surface area contributed by atoms with Crippen LogP contribution in [0.4, 0.5) is 0 Å². The summed E-state index contributed by atoms with van der Waals surface area (Å²) in [6.07, 6.45) is 6.42. The van der Waals surface area contributed by atoms with Gasteiger partial charge in [-0.3, -0.25) is 0 Å². The average molecular weight is 234 g/mol. The Morgan fingerprint density at radius 3 is 2.87 bits per heavy atom. The first-order chi connectivity index (χ1) is 7.38. The molecule has 2 nitrogen and oxygen atoms in total. The zero-order valence-electron chi connectivity index (χ0n) is 9.80. The van der Waals surface area contributed by atoms with E-state index in [-0.39, 0.29) is 0 Å². The molecule has 3 heteroatoms. The minimum absolute atomic E-state index is 0.651. The molecule has 2 unspecified atom stereocenters. The molecule has 0 heterocycles.